The quantitative estimate of drug-likeness (QED) is 0.858. The van der Waals surface area contributed by atoms with Crippen LogP contribution in [0.5, 0.6) is 0 Å². The molecule has 0 aliphatic heterocycles. The Bertz CT molecular complexity index is 599. The molecule has 1 fully saturated rings. The van der Waals surface area contributed by atoms with Crippen LogP contribution in [0.1, 0.15) is 29.5 Å². The molecule has 1 nitrogen and oxygen atoms in total. The van der Waals surface area contributed by atoms with Crippen molar-refractivity contribution in [2.45, 2.75) is 18.4 Å². The highest BCUT2D eigenvalue weighted by Crippen LogP contribution is 2.54. The van der Waals surface area contributed by atoms with Crippen LogP contribution in [0.25, 0.3) is 0 Å². The first-order chi connectivity index (χ1) is 9.70. The van der Waals surface area contributed by atoms with Gasteiger partial charge in [0.25, 0.3) is 0 Å². The van der Waals surface area contributed by atoms with Gasteiger partial charge in [0.15, 0.2) is 0 Å². The monoisotopic (exact) mass is 333 g/mol. The van der Waals surface area contributed by atoms with E-state index >= 15 is 0 Å². The third-order valence-electron chi connectivity index (χ3n) is 4.10. The molecular weight excluding hydrogens is 317 g/mol. The van der Waals surface area contributed by atoms with Crippen molar-refractivity contribution in [2.75, 3.05) is 7.05 Å². The van der Waals surface area contributed by atoms with Crippen LogP contribution in [0.15, 0.2) is 53.0 Å². The van der Waals surface area contributed by atoms with Gasteiger partial charge >= 0.3 is 0 Å². The van der Waals surface area contributed by atoms with Crippen molar-refractivity contribution < 1.29 is 4.39 Å². The first kappa shape index (κ1) is 13.8. The molecule has 0 amide bonds. The minimum absolute atomic E-state index is 0.180. The van der Waals surface area contributed by atoms with E-state index in [4.69, 9.17) is 0 Å². The largest absolute Gasteiger partial charge is 0.313 e. The summed E-state index contributed by atoms with van der Waals surface area (Å²) in [4.78, 5) is 0. The summed E-state index contributed by atoms with van der Waals surface area (Å²) in [5.74, 6) is 0.921. The highest BCUT2D eigenvalue weighted by Gasteiger charge is 2.44. The number of rotatable bonds is 4. The molecule has 0 saturated heterocycles. The predicted octanol–water partition coefficient (Wildman–Crippen LogP) is 4.65. The van der Waals surface area contributed by atoms with E-state index in [0.29, 0.717) is 11.8 Å². The van der Waals surface area contributed by atoms with E-state index in [0.717, 1.165) is 16.5 Å². The first-order valence-corrected chi connectivity index (χ1v) is 7.67. The summed E-state index contributed by atoms with van der Waals surface area (Å²) in [6.45, 7) is 0. The van der Waals surface area contributed by atoms with Crippen LogP contribution in [0, 0.1) is 11.7 Å². The maximum Gasteiger partial charge on any atom is 0.123 e. The second kappa shape index (κ2) is 5.66. The molecule has 3 heteroatoms. The molecule has 0 spiro atoms. The number of nitrogens with one attached hydrogen (secondary N) is 1. The lowest BCUT2D eigenvalue weighted by Gasteiger charge is -2.18. The van der Waals surface area contributed by atoms with E-state index in [1.807, 2.05) is 13.1 Å². The second-order valence-electron chi connectivity index (χ2n) is 5.35. The fourth-order valence-corrected chi connectivity index (χ4v) is 3.51. The van der Waals surface area contributed by atoms with Crippen molar-refractivity contribution in [3.8, 4) is 0 Å². The Labute approximate surface area is 127 Å². The summed E-state index contributed by atoms with van der Waals surface area (Å²) < 4.78 is 14.5. The van der Waals surface area contributed by atoms with Crippen molar-refractivity contribution in [2.24, 2.45) is 5.92 Å². The minimum atomic E-state index is -0.180. The Hall–Kier alpha value is -1.19. The zero-order valence-electron chi connectivity index (χ0n) is 11.3. The van der Waals surface area contributed by atoms with Gasteiger partial charge in [0, 0.05) is 10.5 Å². The van der Waals surface area contributed by atoms with E-state index in [1.165, 1.54) is 11.6 Å². The molecule has 0 heterocycles. The van der Waals surface area contributed by atoms with Crippen LogP contribution in [0.3, 0.4) is 0 Å². The average Bonchev–Trinajstić information content (AvgIpc) is 3.25. The van der Waals surface area contributed by atoms with Gasteiger partial charge in [0.2, 0.25) is 0 Å². The summed E-state index contributed by atoms with van der Waals surface area (Å²) >= 11 is 3.54. The zero-order valence-corrected chi connectivity index (χ0v) is 12.9. The normalized spacial score (nSPS) is 22.6. The third kappa shape index (κ3) is 2.65. The average molecular weight is 334 g/mol. The molecule has 2 aromatic carbocycles. The van der Waals surface area contributed by atoms with Crippen molar-refractivity contribution >= 4 is 15.9 Å². The molecule has 0 bridgehead atoms. The Balaban J connectivity index is 1.84. The maximum absolute atomic E-state index is 13.5. The van der Waals surface area contributed by atoms with Crippen molar-refractivity contribution in [3.05, 3.63) is 69.9 Å². The molecule has 3 rings (SSSR count). The highest BCUT2D eigenvalue weighted by molar-refractivity contribution is 9.10. The van der Waals surface area contributed by atoms with Gasteiger partial charge in [-0.1, -0.05) is 46.3 Å². The van der Waals surface area contributed by atoms with E-state index in [9.17, 15) is 4.39 Å². The lowest BCUT2D eigenvalue weighted by Crippen LogP contribution is -2.19. The van der Waals surface area contributed by atoms with Crippen LogP contribution >= 0.6 is 15.9 Å². The van der Waals surface area contributed by atoms with Gasteiger partial charge in [-0.15, -0.1) is 0 Å². The Morgan fingerprint density at radius 1 is 1.20 bits per heavy atom. The molecule has 3 atom stereocenters. The fourth-order valence-electron chi connectivity index (χ4n) is 3.02. The smallest absolute Gasteiger partial charge is 0.123 e. The van der Waals surface area contributed by atoms with Crippen LogP contribution in [0.4, 0.5) is 4.39 Å². The summed E-state index contributed by atoms with van der Waals surface area (Å²) in [5, 5.41) is 3.35. The van der Waals surface area contributed by atoms with Crippen molar-refractivity contribution in [1.82, 2.24) is 5.32 Å². The molecule has 1 N–H and O–H groups in total. The molecule has 104 valence electrons. The zero-order chi connectivity index (χ0) is 14.1. The van der Waals surface area contributed by atoms with E-state index in [-0.39, 0.29) is 11.9 Å². The SMILES string of the molecule is CNC(c1cc(F)ccc1Br)C1CC1c1ccccc1. The standard InChI is InChI=1S/C17H17BrFN/c1-20-17(15-9-12(19)7-8-16(15)18)14-10-13(14)11-5-3-2-4-6-11/h2-9,13-14,17,20H,10H2,1H3. The van der Waals surface area contributed by atoms with Gasteiger partial charge in [0.05, 0.1) is 0 Å². The summed E-state index contributed by atoms with van der Waals surface area (Å²) in [5.41, 5.74) is 2.39. The van der Waals surface area contributed by atoms with Crippen LogP contribution in [-0.4, -0.2) is 7.05 Å². The molecule has 0 radical (unpaired) electrons. The van der Waals surface area contributed by atoms with Crippen LogP contribution < -0.4 is 5.32 Å². The van der Waals surface area contributed by atoms with E-state index < -0.39 is 0 Å². The topological polar surface area (TPSA) is 12.0 Å². The van der Waals surface area contributed by atoms with Gasteiger partial charge in [-0.2, -0.15) is 0 Å². The van der Waals surface area contributed by atoms with Gasteiger partial charge in [0.1, 0.15) is 5.82 Å². The van der Waals surface area contributed by atoms with Gasteiger partial charge in [-0.3, -0.25) is 0 Å². The lowest BCUT2D eigenvalue weighted by molar-refractivity contribution is 0.511. The number of benzene rings is 2. The van der Waals surface area contributed by atoms with E-state index in [1.54, 1.807) is 12.1 Å². The molecule has 1 aliphatic rings. The lowest BCUT2D eigenvalue weighted by atomic mass is 9.99. The molecule has 0 aromatic heterocycles. The Morgan fingerprint density at radius 3 is 2.65 bits per heavy atom. The Morgan fingerprint density at radius 2 is 1.95 bits per heavy atom. The Kier molecular flexibility index (Phi) is 3.90. The number of halogens is 2. The van der Waals surface area contributed by atoms with Crippen molar-refractivity contribution in [1.29, 1.82) is 0 Å². The van der Waals surface area contributed by atoms with Crippen LogP contribution in [0.2, 0.25) is 0 Å². The molecule has 1 aliphatic carbocycles. The summed E-state index contributed by atoms with van der Waals surface area (Å²) in [7, 11) is 1.95. The molecular formula is C17H17BrFN. The van der Waals surface area contributed by atoms with Gasteiger partial charge in [-0.05, 0) is 54.6 Å². The summed E-state index contributed by atoms with van der Waals surface area (Å²) in [6, 6.07) is 15.7. The first-order valence-electron chi connectivity index (χ1n) is 6.88. The molecule has 1 saturated carbocycles. The maximum atomic E-state index is 13.5. The minimum Gasteiger partial charge on any atom is -0.313 e. The third-order valence-corrected chi connectivity index (χ3v) is 4.82. The molecule has 2 aromatic rings. The predicted molar refractivity (Wildman–Crippen MR) is 83.2 cm³/mol. The fraction of sp³-hybridized carbons (Fsp3) is 0.294. The van der Waals surface area contributed by atoms with E-state index in [2.05, 4.69) is 45.5 Å². The molecule has 3 unspecified atom stereocenters. The summed E-state index contributed by atoms with van der Waals surface area (Å²) in [6.07, 6.45) is 1.15. The highest BCUT2D eigenvalue weighted by atomic mass is 79.9. The number of hydrogen-bond donors (Lipinski definition) is 1. The van der Waals surface area contributed by atoms with Gasteiger partial charge < -0.3 is 5.32 Å². The van der Waals surface area contributed by atoms with Crippen molar-refractivity contribution in [3.63, 3.8) is 0 Å². The number of hydrogen-bond acceptors (Lipinski definition) is 1. The second-order valence-corrected chi connectivity index (χ2v) is 6.20. The van der Waals surface area contributed by atoms with Crippen LogP contribution in [-0.2, 0) is 0 Å². The molecule has 20 heavy (non-hydrogen) atoms. The van der Waals surface area contributed by atoms with Gasteiger partial charge in [-0.25, -0.2) is 4.39 Å².